The summed E-state index contributed by atoms with van der Waals surface area (Å²) in [6, 6.07) is 4.80. The van der Waals surface area contributed by atoms with Crippen molar-refractivity contribution in [1.82, 2.24) is 20.3 Å². The summed E-state index contributed by atoms with van der Waals surface area (Å²) in [5.74, 6) is 0.988. The van der Waals surface area contributed by atoms with Crippen molar-refractivity contribution in [2.24, 2.45) is 5.92 Å². The first-order valence-electron chi connectivity index (χ1n) is 11.3. The van der Waals surface area contributed by atoms with Gasteiger partial charge in [-0.3, -0.25) is 14.5 Å². The molecule has 172 valence electrons. The monoisotopic (exact) mass is 442 g/mol. The summed E-state index contributed by atoms with van der Waals surface area (Å²) < 4.78 is 10.6. The Hall–Kier alpha value is -3.10. The van der Waals surface area contributed by atoms with E-state index in [2.05, 4.69) is 10.5 Å². The van der Waals surface area contributed by atoms with Gasteiger partial charge in [-0.25, -0.2) is 4.79 Å². The number of aromatic nitrogens is 1. The summed E-state index contributed by atoms with van der Waals surface area (Å²) in [6.45, 7) is 7.09. The molecular weight excluding hydrogens is 412 g/mol. The second-order valence-corrected chi connectivity index (χ2v) is 8.96. The number of nitrogens with zero attached hydrogens (tertiary/aromatic N) is 3. The van der Waals surface area contributed by atoms with Crippen molar-refractivity contribution < 1.29 is 23.3 Å². The summed E-state index contributed by atoms with van der Waals surface area (Å²) in [4.78, 5) is 42.0. The molecule has 2 aliphatic rings. The Kier molecular flexibility index (Phi) is 6.08. The molecule has 0 saturated carbocycles. The van der Waals surface area contributed by atoms with E-state index in [4.69, 9.17) is 8.94 Å². The highest BCUT2D eigenvalue weighted by molar-refractivity contribution is 6.07. The third-order valence-corrected chi connectivity index (χ3v) is 6.54. The first-order chi connectivity index (χ1) is 15.4. The lowest BCUT2D eigenvalue weighted by atomic mass is 9.74. The van der Waals surface area contributed by atoms with Crippen LogP contribution in [-0.2, 0) is 11.3 Å². The van der Waals surface area contributed by atoms with Crippen LogP contribution < -0.4 is 5.32 Å². The molecule has 1 N–H and O–H groups in total. The lowest BCUT2D eigenvalue weighted by molar-refractivity contribution is -0.134. The molecule has 2 aromatic rings. The summed E-state index contributed by atoms with van der Waals surface area (Å²) in [5.41, 5.74) is -0.628. The van der Waals surface area contributed by atoms with E-state index in [9.17, 15) is 14.4 Å². The normalized spacial score (nSPS) is 22.1. The Morgan fingerprint density at radius 2 is 2.06 bits per heavy atom. The van der Waals surface area contributed by atoms with Crippen LogP contribution in [0, 0.1) is 5.92 Å². The molecule has 0 bridgehead atoms. The van der Waals surface area contributed by atoms with Gasteiger partial charge in [0.15, 0.2) is 5.69 Å². The lowest BCUT2D eigenvalue weighted by Crippen LogP contribution is -2.56. The van der Waals surface area contributed by atoms with Gasteiger partial charge in [-0.15, -0.1) is 0 Å². The van der Waals surface area contributed by atoms with Crippen molar-refractivity contribution in [2.75, 3.05) is 13.1 Å². The van der Waals surface area contributed by atoms with Crippen LogP contribution in [0.2, 0.25) is 0 Å². The van der Waals surface area contributed by atoms with Gasteiger partial charge in [0.2, 0.25) is 0 Å². The van der Waals surface area contributed by atoms with Gasteiger partial charge in [-0.1, -0.05) is 32.3 Å². The first-order valence-corrected chi connectivity index (χ1v) is 11.3. The zero-order valence-corrected chi connectivity index (χ0v) is 18.8. The minimum Gasteiger partial charge on any atom is -0.467 e. The van der Waals surface area contributed by atoms with E-state index < -0.39 is 5.54 Å². The maximum atomic E-state index is 13.5. The van der Waals surface area contributed by atoms with Crippen LogP contribution in [0.4, 0.5) is 4.79 Å². The van der Waals surface area contributed by atoms with Crippen molar-refractivity contribution in [3.8, 4) is 0 Å². The highest BCUT2D eigenvalue weighted by Crippen LogP contribution is 2.38. The number of furan rings is 1. The number of carbonyl (C=O) groups is 3. The summed E-state index contributed by atoms with van der Waals surface area (Å²) >= 11 is 0. The van der Waals surface area contributed by atoms with Crippen LogP contribution in [0.5, 0.6) is 0 Å². The third kappa shape index (κ3) is 3.91. The molecule has 9 nitrogen and oxygen atoms in total. The Labute approximate surface area is 187 Å². The van der Waals surface area contributed by atoms with Crippen LogP contribution in [0.25, 0.3) is 0 Å². The van der Waals surface area contributed by atoms with Crippen LogP contribution in [0.1, 0.15) is 74.4 Å². The second kappa shape index (κ2) is 8.80. The van der Waals surface area contributed by atoms with E-state index in [-0.39, 0.29) is 36.2 Å². The smallest absolute Gasteiger partial charge is 0.325 e. The van der Waals surface area contributed by atoms with Crippen molar-refractivity contribution in [1.29, 1.82) is 0 Å². The number of imide groups is 1. The fourth-order valence-electron chi connectivity index (χ4n) is 4.79. The average molecular weight is 443 g/mol. The molecule has 32 heavy (non-hydrogen) atoms. The SMILES string of the molecule is CCCC1(C2CCN(C(=O)c3cc(C(C)C)on3)CC2)NC(=O)N(Cc2ccco2)C1=O. The van der Waals surface area contributed by atoms with Gasteiger partial charge in [-0.2, -0.15) is 0 Å². The molecule has 4 amide bonds. The first kappa shape index (κ1) is 22.1. The molecule has 1 unspecified atom stereocenters. The molecule has 1 atom stereocenters. The second-order valence-electron chi connectivity index (χ2n) is 8.96. The standard InChI is InChI=1S/C23H30N4O5/c1-4-9-23(21(29)27(22(30)24-23)14-17-6-5-12-31-17)16-7-10-26(11-8-16)20(28)18-13-19(15(2)3)32-25-18/h5-6,12-13,15-16H,4,7-11,14H2,1-3H3,(H,24,30). The predicted octanol–water partition coefficient (Wildman–Crippen LogP) is 3.53. The van der Waals surface area contributed by atoms with Gasteiger partial charge < -0.3 is 19.2 Å². The largest absolute Gasteiger partial charge is 0.467 e. The van der Waals surface area contributed by atoms with Crippen molar-refractivity contribution in [3.63, 3.8) is 0 Å². The Morgan fingerprint density at radius 3 is 2.66 bits per heavy atom. The summed E-state index contributed by atoms with van der Waals surface area (Å²) in [5, 5.41) is 6.93. The molecule has 2 saturated heterocycles. The van der Waals surface area contributed by atoms with Crippen molar-refractivity contribution >= 4 is 17.8 Å². The molecule has 9 heteroatoms. The third-order valence-electron chi connectivity index (χ3n) is 6.54. The van der Waals surface area contributed by atoms with Gasteiger partial charge in [-0.05, 0) is 37.3 Å². The fraction of sp³-hybridized carbons (Fsp3) is 0.565. The number of nitrogens with one attached hydrogen (secondary N) is 1. The van der Waals surface area contributed by atoms with E-state index in [1.165, 1.54) is 11.2 Å². The Balaban J connectivity index is 1.45. The number of likely N-dealkylation sites (tertiary alicyclic amines) is 1. The van der Waals surface area contributed by atoms with E-state index in [0.29, 0.717) is 49.6 Å². The van der Waals surface area contributed by atoms with E-state index >= 15 is 0 Å². The van der Waals surface area contributed by atoms with E-state index in [1.807, 2.05) is 20.8 Å². The van der Waals surface area contributed by atoms with Crippen LogP contribution >= 0.6 is 0 Å². The van der Waals surface area contributed by atoms with Crippen molar-refractivity contribution in [3.05, 3.63) is 41.7 Å². The minimum atomic E-state index is -0.938. The molecule has 2 fully saturated rings. The molecule has 0 aliphatic carbocycles. The molecule has 4 rings (SSSR count). The maximum absolute atomic E-state index is 13.5. The highest BCUT2D eigenvalue weighted by atomic mass is 16.5. The fourth-order valence-corrected chi connectivity index (χ4v) is 4.79. The number of urea groups is 1. The lowest BCUT2D eigenvalue weighted by Gasteiger charge is -2.40. The summed E-state index contributed by atoms with van der Waals surface area (Å²) in [6.07, 6.45) is 4.10. The van der Waals surface area contributed by atoms with Crippen LogP contribution in [0.15, 0.2) is 33.4 Å². The maximum Gasteiger partial charge on any atom is 0.325 e. The summed E-state index contributed by atoms with van der Waals surface area (Å²) in [7, 11) is 0. The predicted molar refractivity (Wildman–Crippen MR) is 115 cm³/mol. The molecule has 2 aliphatic heterocycles. The van der Waals surface area contributed by atoms with Crippen LogP contribution in [-0.4, -0.2) is 51.4 Å². The molecule has 0 radical (unpaired) electrons. The zero-order chi connectivity index (χ0) is 22.9. The number of hydrogen-bond acceptors (Lipinski definition) is 6. The molecule has 4 heterocycles. The van der Waals surface area contributed by atoms with Crippen molar-refractivity contribution in [2.45, 2.75) is 64.5 Å². The minimum absolute atomic E-state index is 0.0481. The van der Waals surface area contributed by atoms with E-state index in [0.717, 1.165) is 6.42 Å². The quantitative estimate of drug-likeness (QED) is 0.657. The Bertz CT molecular complexity index is 974. The number of hydrogen-bond donors (Lipinski definition) is 1. The Morgan fingerprint density at radius 1 is 1.31 bits per heavy atom. The highest BCUT2D eigenvalue weighted by Gasteiger charge is 2.55. The van der Waals surface area contributed by atoms with Gasteiger partial charge in [0.25, 0.3) is 11.8 Å². The van der Waals surface area contributed by atoms with Crippen LogP contribution in [0.3, 0.4) is 0 Å². The van der Waals surface area contributed by atoms with Gasteiger partial charge in [0.1, 0.15) is 17.1 Å². The number of piperidine rings is 1. The molecule has 0 spiro atoms. The van der Waals surface area contributed by atoms with Gasteiger partial charge in [0.05, 0.1) is 12.8 Å². The molecule has 0 aromatic carbocycles. The van der Waals surface area contributed by atoms with E-state index in [1.54, 1.807) is 23.1 Å². The molecule has 2 aromatic heterocycles. The number of amides is 4. The van der Waals surface area contributed by atoms with Gasteiger partial charge in [0, 0.05) is 25.1 Å². The topological polar surface area (TPSA) is 109 Å². The average Bonchev–Trinajstić information content (AvgIpc) is 3.52. The number of rotatable bonds is 7. The zero-order valence-electron chi connectivity index (χ0n) is 18.8. The molecular formula is C23H30N4O5. The number of carbonyl (C=O) groups excluding carboxylic acids is 3. The van der Waals surface area contributed by atoms with Gasteiger partial charge >= 0.3 is 6.03 Å².